The fourth-order valence-corrected chi connectivity index (χ4v) is 2.69. The number of amides is 1. The van der Waals surface area contributed by atoms with Crippen LogP contribution in [0.25, 0.3) is 16.6 Å². The van der Waals surface area contributed by atoms with Gasteiger partial charge < -0.3 is 14.5 Å². The van der Waals surface area contributed by atoms with Crippen molar-refractivity contribution >= 4 is 22.5 Å². The first kappa shape index (κ1) is 16.3. The lowest BCUT2D eigenvalue weighted by Gasteiger charge is -2.10. The van der Waals surface area contributed by atoms with E-state index in [1.165, 1.54) is 4.68 Å². The predicted molar refractivity (Wildman–Crippen MR) is 88.1 cm³/mol. The van der Waals surface area contributed by atoms with E-state index in [2.05, 4.69) is 10.4 Å². The highest BCUT2D eigenvalue weighted by atomic mass is 16.5. The van der Waals surface area contributed by atoms with E-state index in [4.69, 9.17) is 9.15 Å². The lowest BCUT2D eigenvalue weighted by Crippen LogP contribution is -2.35. The van der Waals surface area contributed by atoms with E-state index < -0.39 is 0 Å². The molecule has 8 heteroatoms. The van der Waals surface area contributed by atoms with Crippen LogP contribution in [-0.4, -0.2) is 40.3 Å². The maximum absolute atomic E-state index is 12.6. The molecule has 128 valence electrons. The van der Waals surface area contributed by atoms with Crippen molar-refractivity contribution in [3.63, 3.8) is 0 Å². The maximum Gasteiger partial charge on any atom is 0.291 e. The van der Waals surface area contributed by atoms with Crippen molar-refractivity contribution in [2.45, 2.75) is 26.3 Å². The van der Waals surface area contributed by atoms with Gasteiger partial charge in [0.15, 0.2) is 5.58 Å². The molecule has 0 atom stereocenters. The van der Waals surface area contributed by atoms with Crippen LogP contribution in [0.1, 0.15) is 19.2 Å². The van der Waals surface area contributed by atoms with Crippen molar-refractivity contribution in [1.29, 1.82) is 0 Å². The molecule has 0 unspecified atom stereocenters. The monoisotopic (exact) mass is 332 g/mol. The summed E-state index contributed by atoms with van der Waals surface area (Å²) in [6.07, 6.45) is 2.93. The second-order valence-corrected chi connectivity index (χ2v) is 5.46. The van der Waals surface area contributed by atoms with Crippen LogP contribution in [0.2, 0.25) is 0 Å². The number of nitrogens with one attached hydrogen (secondary N) is 1. The van der Waals surface area contributed by atoms with Crippen LogP contribution in [0.4, 0.5) is 0 Å². The zero-order chi connectivity index (χ0) is 17.1. The largest absolute Gasteiger partial charge is 0.463 e. The normalized spacial score (nSPS) is 11.4. The summed E-state index contributed by atoms with van der Waals surface area (Å²) in [5, 5.41) is 7.10. The first-order valence-electron chi connectivity index (χ1n) is 7.90. The molecule has 0 radical (unpaired) electrons. The van der Waals surface area contributed by atoms with Gasteiger partial charge in [0.05, 0.1) is 11.8 Å². The van der Waals surface area contributed by atoms with Crippen molar-refractivity contribution in [2.75, 3.05) is 20.3 Å². The number of furan rings is 1. The molecule has 3 aromatic heterocycles. The molecule has 0 saturated carbocycles. The van der Waals surface area contributed by atoms with Gasteiger partial charge in [-0.25, -0.2) is 4.68 Å². The number of rotatable bonds is 7. The van der Waals surface area contributed by atoms with E-state index in [9.17, 15) is 9.59 Å². The summed E-state index contributed by atoms with van der Waals surface area (Å²) < 4.78 is 13.3. The van der Waals surface area contributed by atoms with Gasteiger partial charge in [-0.1, -0.05) is 6.92 Å². The van der Waals surface area contributed by atoms with Gasteiger partial charge in [-0.05, 0) is 6.42 Å². The molecule has 0 aliphatic carbocycles. The molecule has 0 aliphatic heterocycles. The number of fused-ring (bicyclic) bond motifs is 3. The Hall–Kier alpha value is -2.61. The first-order chi connectivity index (χ1) is 11.7. The van der Waals surface area contributed by atoms with Gasteiger partial charge in [-0.3, -0.25) is 14.0 Å². The topological polar surface area (TPSA) is 90.8 Å². The Labute approximate surface area is 138 Å². The summed E-state index contributed by atoms with van der Waals surface area (Å²) in [6.45, 7) is 2.92. The van der Waals surface area contributed by atoms with Crippen LogP contribution in [0.3, 0.4) is 0 Å². The third-order valence-electron chi connectivity index (χ3n) is 3.83. The molecule has 3 rings (SSSR count). The highest BCUT2D eigenvalue weighted by Gasteiger charge is 2.16. The molecule has 0 aliphatic rings. The Morgan fingerprint density at radius 2 is 2.25 bits per heavy atom. The highest BCUT2D eigenvalue weighted by molar-refractivity contribution is 5.82. The van der Waals surface area contributed by atoms with E-state index >= 15 is 0 Å². The van der Waals surface area contributed by atoms with E-state index in [1.807, 2.05) is 6.92 Å². The average molecular weight is 332 g/mol. The number of methoxy groups -OCH3 is 1. The minimum atomic E-state index is -0.314. The Bertz CT molecular complexity index is 921. The summed E-state index contributed by atoms with van der Waals surface area (Å²) in [5.41, 5.74) is 1.59. The van der Waals surface area contributed by atoms with Crippen molar-refractivity contribution < 1.29 is 13.9 Å². The molecule has 0 saturated heterocycles. The minimum Gasteiger partial charge on any atom is -0.463 e. The standard InChI is InChI=1S/C16H20N4O4/c1-3-14-18-19(10-15(21)17-6-4-7-23-2)16(22)12-9-13-11(20(12)14)5-8-24-13/h5,8-9H,3-4,6-7,10H2,1-2H3,(H,17,21). The second-order valence-electron chi connectivity index (χ2n) is 5.46. The summed E-state index contributed by atoms with van der Waals surface area (Å²) >= 11 is 0. The first-order valence-corrected chi connectivity index (χ1v) is 7.90. The Morgan fingerprint density at radius 1 is 1.42 bits per heavy atom. The predicted octanol–water partition coefficient (Wildman–Crippen LogP) is 0.957. The van der Waals surface area contributed by atoms with Crippen LogP contribution in [0.15, 0.2) is 27.6 Å². The summed E-state index contributed by atoms with van der Waals surface area (Å²) in [4.78, 5) is 24.6. The van der Waals surface area contributed by atoms with Gasteiger partial charge in [-0.2, -0.15) is 5.10 Å². The lowest BCUT2D eigenvalue weighted by molar-refractivity contribution is -0.121. The summed E-state index contributed by atoms with van der Waals surface area (Å²) in [6, 6.07) is 3.49. The maximum atomic E-state index is 12.6. The van der Waals surface area contributed by atoms with Crippen molar-refractivity contribution in [3.8, 4) is 0 Å². The number of hydrogen-bond donors (Lipinski definition) is 1. The van der Waals surface area contributed by atoms with Crippen LogP contribution in [-0.2, 0) is 22.5 Å². The van der Waals surface area contributed by atoms with Crippen LogP contribution in [0, 0.1) is 0 Å². The molecule has 0 aromatic carbocycles. The number of carbonyl (C=O) groups is 1. The average Bonchev–Trinajstić information content (AvgIpc) is 3.15. The molecule has 8 nitrogen and oxygen atoms in total. The number of aryl methyl sites for hydroxylation is 1. The van der Waals surface area contributed by atoms with E-state index in [0.717, 1.165) is 11.9 Å². The Balaban J connectivity index is 1.90. The summed E-state index contributed by atoms with van der Waals surface area (Å²) in [7, 11) is 1.61. The molecule has 0 bridgehead atoms. The highest BCUT2D eigenvalue weighted by Crippen LogP contribution is 2.20. The third-order valence-corrected chi connectivity index (χ3v) is 3.83. The second kappa shape index (κ2) is 6.88. The molecule has 0 fully saturated rings. The van der Waals surface area contributed by atoms with Crippen molar-refractivity contribution in [1.82, 2.24) is 19.5 Å². The molecular formula is C16H20N4O4. The van der Waals surface area contributed by atoms with Crippen molar-refractivity contribution in [3.05, 3.63) is 34.6 Å². The quantitative estimate of drug-likeness (QED) is 0.651. The van der Waals surface area contributed by atoms with Crippen LogP contribution < -0.4 is 10.9 Å². The zero-order valence-electron chi connectivity index (χ0n) is 13.7. The minimum absolute atomic E-state index is 0.109. The van der Waals surface area contributed by atoms with Crippen LogP contribution in [0.5, 0.6) is 0 Å². The molecule has 3 heterocycles. The number of aromatic nitrogens is 3. The van der Waals surface area contributed by atoms with Gasteiger partial charge in [0.2, 0.25) is 5.91 Å². The molecule has 24 heavy (non-hydrogen) atoms. The third kappa shape index (κ3) is 2.92. The Morgan fingerprint density at radius 3 is 3.00 bits per heavy atom. The lowest BCUT2D eigenvalue weighted by atomic mass is 10.4. The molecular weight excluding hydrogens is 312 g/mol. The number of ether oxygens (including phenoxy) is 1. The fourth-order valence-electron chi connectivity index (χ4n) is 2.69. The van der Waals surface area contributed by atoms with E-state index in [1.54, 1.807) is 29.9 Å². The zero-order valence-corrected chi connectivity index (χ0v) is 13.7. The number of hydrogen-bond acceptors (Lipinski definition) is 5. The molecule has 1 N–H and O–H groups in total. The van der Waals surface area contributed by atoms with E-state index in [0.29, 0.717) is 36.5 Å². The Kier molecular flexibility index (Phi) is 4.66. The van der Waals surface area contributed by atoms with Gasteiger partial charge in [0, 0.05) is 38.8 Å². The summed E-state index contributed by atoms with van der Waals surface area (Å²) in [5.74, 6) is 0.454. The molecule has 0 spiro atoms. The van der Waals surface area contributed by atoms with Crippen molar-refractivity contribution in [2.24, 2.45) is 0 Å². The van der Waals surface area contributed by atoms with Gasteiger partial charge >= 0.3 is 0 Å². The molecule has 1 amide bonds. The van der Waals surface area contributed by atoms with E-state index in [-0.39, 0.29) is 18.0 Å². The van der Waals surface area contributed by atoms with Gasteiger partial charge in [-0.15, -0.1) is 0 Å². The SMILES string of the molecule is CCc1nn(CC(=O)NCCCOC)c(=O)c2cc3occc3n12. The number of nitrogens with zero attached hydrogens (tertiary/aromatic N) is 3. The van der Waals surface area contributed by atoms with Crippen LogP contribution >= 0.6 is 0 Å². The fraction of sp³-hybridized carbons (Fsp3) is 0.438. The van der Waals surface area contributed by atoms with Gasteiger partial charge in [0.1, 0.15) is 17.9 Å². The molecule has 3 aromatic rings. The number of carbonyl (C=O) groups excluding carboxylic acids is 1. The smallest absolute Gasteiger partial charge is 0.291 e. The van der Waals surface area contributed by atoms with Gasteiger partial charge in [0.25, 0.3) is 5.56 Å².